The second kappa shape index (κ2) is 57.4. The van der Waals surface area contributed by atoms with E-state index >= 15 is 0 Å². The molecule has 0 aliphatic rings. The molecule has 0 fully saturated rings. The van der Waals surface area contributed by atoms with Crippen molar-refractivity contribution in [1.82, 2.24) is 0 Å². The van der Waals surface area contributed by atoms with Crippen LogP contribution in [-0.2, 0) is 28.6 Å². The van der Waals surface area contributed by atoms with Gasteiger partial charge in [-0.1, -0.05) is 232 Å². The quantitative estimate of drug-likeness (QED) is 0.0262. The third-order valence-corrected chi connectivity index (χ3v) is 11.7. The molecule has 1 unspecified atom stereocenters. The summed E-state index contributed by atoms with van der Waals surface area (Å²) in [6.07, 6.45) is 79.5. The van der Waals surface area contributed by atoms with E-state index in [-0.39, 0.29) is 31.1 Å². The van der Waals surface area contributed by atoms with Gasteiger partial charge in [-0.3, -0.25) is 14.4 Å². The average molecular weight is 970 g/mol. The first-order valence-corrected chi connectivity index (χ1v) is 28.5. The van der Waals surface area contributed by atoms with E-state index in [0.29, 0.717) is 19.3 Å². The Labute approximate surface area is 431 Å². The Bertz CT molecular complexity index is 1490. The van der Waals surface area contributed by atoms with Crippen molar-refractivity contribution in [2.75, 3.05) is 13.2 Å². The largest absolute Gasteiger partial charge is 0.462 e. The summed E-state index contributed by atoms with van der Waals surface area (Å²) in [6.45, 7) is 6.39. The highest BCUT2D eigenvalue weighted by atomic mass is 16.6. The SMILES string of the molecule is CC/C=C\C/C=C\C/C=C\C/C=C\C/C=C\C/C=C\C/C=C\C/C=C\C/C=C\CCCCCC(=O)OCC(COC(=O)CCCCCCC)OC(=O)CCCCCCC/C=C\CCCCCCCCC. The minimum atomic E-state index is -0.795. The molecule has 70 heavy (non-hydrogen) atoms. The Kier molecular flexibility index (Phi) is 54.0. The standard InChI is InChI=1S/C64H104O6/c1-4-7-10-13-15-17-19-21-23-25-26-27-28-29-30-31-32-33-34-35-36-37-38-39-41-42-44-46-48-51-54-57-63(66)69-60-61(59-68-62(65)56-53-50-12-9-6-3)70-64(67)58-55-52-49-47-45-43-40-24-22-20-18-16-14-11-8-5-2/h7,10,15,17,21,23-24,26-27,29-30,32-33,35-36,38-40,42,44,61H,4-6,8-9,11-14,16,18-20,22,25,28,31,34,37,41,43,45-60H2,1-3H3/b10-7-,17-15-,23-21-,27-26-,30-29-,33-32-,36-35-,39-38-,40-24-,44-42-. The van der Waals surface area contributed by atoms with Gasteiger partial charge in [0.15, 0.2) is 6.10 Å². The highest BCUT2D eigenvalue weighted by Crippen LogP contribution is 2.13. The Morgan fingerprint density at radius 3 is 0.900 bits per heavy atom. The Morgan fingerprint density at radius 1 is 0.300 bits per heavy atom. The summed E-state index contributed by atoms with van der Waals surface area (Å²) >= 11 is 0. The van der Waals surface area contributed by atoms with Crippen LogP contribution in [0.3, 0.4) is 0 Å². The molecule has 0 saturated heterocycles. The van der Waals surface area contributed by atoms with Crippen molar-refractivity contribution in [2.24, 2.45) is 0 Å². The predicted octanol–water partition coefficient (Wildman–Crippen LogP) is 19.3. The topological polar surface area (TPSA) is 78.9 Å². The van der Waals surface area contributed by atoms with Crippen LogP contribution in [-0.4, -0.2) is 37.2 Å². The maximum atomic E-state index is 12.7. The van der Waals surface area contributed by atoms with Crippen LogP contribution in [0.5, 0.6) is 0 Å². The molecule has 396 valence electrons. The lowest BCUT2D eigenvalue weighted by atomic mass is 10.1. The third-order valence-electron chi connectivity index (χ3n) is 11.7. The Balaban J connectivity index is 4.19. The first-order valence-electron chi connectivity index (χ1n) is 28.5. The number of esters is 3. The number of hydrogen-bond donors (Lipinski definition) is 0. The zero-order valence-electron chi connectivity index (χ0n) is 45.2. The van der Waals surface area contributed by atoms with E-state index in [1.165, 1.54) is 57.8 Å². The highest BCUT2D eigenvalue weighted by molar-refractivity contribution is 5.71. The van der Waals surface area contributed by atoms with Crippen LogP contribution < -0.4 is 0 Å². The number of rotatable bonds is 50. The fraction of sp³-hybridized carbons (Fsp3) is 0.641. The molecule has 0 aliphatic carbocycles. The molecule has 0 spiro atoms. The van der Waals surface area contributed by atoms with Crippen molar-refractivity contribution in [1.29, 1.82) is 0 Å². The second-order valence-corrected chi connectivity index (χ2v) is 18.5. The van der Waals surface area contributed by atoms with Crippen LogP contribution in [0.4, 0.5) is 0 Å². The molecule has 6 nitrogen and oxygen atoms in total. The second-order valence-electron chi connectivity index (χ2n) is 18.5. The molecule has 0 heterocycles. The van der Waals surface area contributed by atoms with E-state index in [2.05, 4.69) is 142 Å². The first-order chi connectivity index (χ1) is 34.5. The summed E-state index contributed by atoms with van der Waals surface area (Å²) in [7, 11) is 0. The van der Waals surface area contributed by atoms with E-state index in [1.54, 1.807) is 0 Å². The van der Waals surface area contributed by atoms with Gasteiger partial charge in [0.1, 0.15) is 13.2 Å². The highest BCUT2D eigenvalue weighted by Gasteiger charge is 2.19. The molecule has 1 atom stereocenters. The molecule has 0 aliphatic heterocycles. The summed E-state index contributed by atoms with van der Waals surface area (Å²) in [5.74, 6) is -0.955. The van der Waals surface area contributed by atoms with Crippen LogP contribution in [0.25, 0.3) is 0 Å². The van der Waals surface area contributed by atoms with E-state index in [1.807, 2.05) is 0 Å². The zero-order valence-corrected chi connectivity index (χ0v) is 45.2. The molecular weight excluding hydrogens is 865 g/mol. The molecule has 0 N–H and O–H groups in total. The summed E-state index contributed by atoms with van der Waals surface area (Å²) in [6, 6.07) is 0. The fourth-order valence-corrected chi connectivity index (χ4v) is 7.43. The molecule has 0 saturated carbocycles. The third kappa shape index (κ3) is 54.7. The van der Waals surface area contributed by atoms with Gasteiger partial charge in [0.25, 0.3) is 0 Å². The smallest absolute Gasteiger partial charge is 0.306 e. The van der Waals surface area contributed by atoms with Gasteiger partial charge >= 0.3 is 17.9 Å². The normalized spacial score (nSPS) is 13.0. The van der Waals surface area contributed by atoms with E-state index in [0.717, 1.165) is 148 Å². The minimum Gasteiger partial charge on any atom is -0.462 e. The maximum Gasteiger partial charge on any atom is 0.306 e. The van der Waals surface area contributed by atoms with Crippen molar-refractivity contribution in [3.05, 3.63) is 122 Å². The van der Waals surface area contributed by atoms with Gasteiger partial charge in [-0.05, 0) is 116 Å². The van der Waals surface area contributed by atoms with Gasteiger partial charge in [0, 0.05) is 19.3 Å². The van der Waals surface area contributed by atoms with Gasteiger partial charge in [0.05, 0.1) is 0 Å². The van der Waals surface area contributed by atoms with Crippen LogP contribution >= 0.6 is 0 Å². The molecule has 0 rings (SSSR count). The molecule has 0 amide bonds. The Hall–Kier alpha value is -4.19. The lowest BCUT2D eigenvalue weighted by Crippen LogP contribution is -2.30. The Morgan fingerprint density at radius 2 is 0.557 bits per heavy atom. The molecule has 6 heteroatoms. The molecule has 0 radical (unpaired) electrons. The van der Waals surface area contributed by atoms with Crippen LogP contribution in [0.15, 0.2) is 122 Å². The number of hydrogen-bond acceptors (Lipinski definition) is 6. The van der Waals surface area contributed by atoms with Crippen molar-refractivity contribution < 1.29 is 28.6 Å². The zero-order chi connectivity index (χ0) is 50.7. The van der Waals surface area contributed by atoms with Gasteiger partial charge in [-0.15, -0.1) is 0 Å². The fourth-order valence-electron chi connectivity index (χ4n) is 7.43. The number of ether oxygens (including phenoxy) is 3. The number of carbonyl (C=O) groups excluding carboxylic acids is 3. The predicted molar refractivity (Wildman–Crippen MR) is 302 cm³/mol. The first kappa shape index (κ1) is 65.8. The average Bonchev–Trinajstić information content (AvgIpc) is 3.36. The maximum absolute atomic E-state index is 12.7. The van der Waals surface area contributed by atoms with Crippen LogP contribution in [0.1, 0.15) is 245 Å². The van der Waals surface area contributed by atoms with Crippen molar-refractivity contribution in [3.63, 3.8) is 0 Å². The molecule has 0 aromatic carbocycles. The molecule has 0 bridgehead atoms. The van der Waals surface area contributed by atoms with Crippen LogP contribution in [0.2, 0.25) is 0 Å². The summed E-state index contributed by atoms with van der Waals surface area (Å²) in [5, 5.41) is 0. The van der Waals surface area contributed by atoms with Gasteiger partial charge < -0.3 is 14.2 Å². The minimum absolute atomic E-state index is 0.0947. The van der Waals surface area contributed by atoms with Gasteiger partial charge in [0.2, 0.25) is 0 Å². The van der Waals surface area contributed by atoms with Gasteiger partial charge in [-0.2, -0.15) is 0 Å². The van der Waals surface area contributed by atoms with Crippen LogP contribution in [0, 0.1) is 0 Å². The van der Waals surface area contributed by atoms with Crippen molar-refractivity contribution in [3.8, 4) is 0 Å². The monoisotopic (exact) mass is 969 g/mol. The molecule has 0 aromatic heterocycles. The number of carbonyl (C=O) groups is 3. The molecule has 0 aromatic rings. The van der Waals surface area contributed by atoms with Crippen molar-refractivity contribution in [2.45, 2.75) is 252 Å². The summed E-state index contributed by atoms with van der Waals surface area (Å²) in [5.41, 5.74) is 0. The number of unbranched alkanes of at least 4 members (excludes halogenated alkanes) is 19. The lowest BCUT2D eigenvalue weighted by molar-refractivity contribution is -0.167. The van der Waals surface area contributed by atoms with Gasteiger partial charge in [-0.25, -0.2) is 0 Å². The van der Waals surface area contributed by atoms with E-state index in [9.17, 15) is 14.4 Å². The van der Waals surface area contributed by atoms with Crippen molar-refractivity contribution >= 4 is 17.9 Å². The lowest BCUT2D eigenvalue weighted by Gasteiger charge is -2.18. The summed E-state index contributed by atoms with van der Waals surface area (Å²) in [4.78, 5) is 37.7. The summed E-state index contributed by atoms with van der Waals surface area (Å²) < 4.78 is 16.7. The van der Waals surface area contributed by atoms with E-state index < -0.39 is 6.10 Å². The van der Waals surface area contributed by atoms with E-state index in [4.69, 9.17) is 14.2 Å². The molecular formula is C64H104O6. The number of allylic oxidation sites excluding steroid dienone is 20.